The molecule has 1 heterocycles. The molecule has 2 N–H and O–H groups in total. The largest absolute Gasteiger partial charge is 0.479 e. The van der Waals surface area contributed by atoms with Gasteiger partial charge >= 0.3 is 5.97 Å². The number of nitrogens with one attached hydrogen (secondary N) is 1. The zero-order chi connectivity index (χ0) is 16.9. The van der Waals surface area contributed by atoms with E-state index in [0.717, 1.165) is 10.9 Å². The minimum atomic E-state index is -1.07. The number of carboxylic acid groups (broad SMARTS) is 1. The molecule has 0 fully saturated rings. The number of fused-ring (bicyclic) bond motifs is 1. The SMILES string of the molecule is O=C(CCn1ccc2ccccc21)N[C@H](C(=O)O)c1ccccc1. The molecule has 0 saturated carbocycles. The van der Waals surface area contributed by atoms with Crippen LogP contribution < -0.4 is 5.32 Å². The maximum absolute atomic E-state index is 12.2. The lowest BCUT2D eigenvalue weighted by Crippen LogP contribution is -2.34. The van der Waals surface area contributed by atoms with E-state index in [1.807, 2.05) is 41.1 Å². The molecule has 1 amide bonds. The molecule has 3 rings (SSSR count). The van der Waals surface area contributed by atoms with Crippen molar-refractivity contribution in [3.05, 3.63) is 72.4 Å². The molecule has 0 radical (unpaired) electrons. The van der Waals surface area contributed by atoms with Crippen LogP contribution in [0.4, 0.5) is 0 Å². The minimum absolute atomic E-state index is 0.218. The van der Waals surface area contributed by atoms with Crippen molar-refractivity contribution in [2.24, 2.45) is 0 Å². The van der Waals surface area contributed by atoms with E-state index in [-0.39, 0.29) is 12.3 Å². The molecule has 0 aliphatic heterocycles. The number of carbonyl (C=O) groups is 2. The summed E-state index contributed by atoms with van der Waals surface area (Å²) in [5, 5.41) is 13.1. The van der Waals surface area contributed by atoms with Gasteiger partial charge in [0.25, 0.3) is 0 Å². The number of hydrogen-bond acceptors (Lipinski definition) is 2. The molecular formula is C19H18N2O3. The summed E-state index contributed by atoms with van der Waals surface area (Å²) >= 11 is 0. The molecule has 3 aromatic rings. The van der Waals surface area contributed by atoms with Crippen LogP contribution in [0.3, 0.4) is 0 Å². The maximum atomic E-state index is 12.2. The van der Waals surface area contributed by atoms with Crippen molar-refractivity contribution in [3.8, 4) is 0 Å². The molecule has 24 heavy (non-hydrogen) atoms. The highest BCUT2D eigenvalue weighted by Gasteiger charge is 2.21. The zero-order valence-corrected chi connectivity index (χ0v) is 13.1. The van der Waals surface area contributed by atoms with E-state index in [4.69, 9.17) is 0 Å². The van der Waals surface area contributed by atoms with Crippen LogP contribution in [0.1, 0.15) is 18.0 Å². The first-order valence-electron chi connectivity index (χ1n) is 7.76. The van der Waals surface area contributed by atoms with E-state index >= 15 is 0 Å². The van der Waals surface area contributed by atoms with Gasteiger partial charge in [0.05, 0.1) is 0 Å². The Morgan fingerprint density at radius 3 is 2.46 bits per heavy atom. The van der Waals surface area contributed by atoms with Gasteiger partial charge in [-0.05, 0) is 23.1 Å². The molecule has 0 aliphatic rings. The summed E-state index contributed by atoms with van der Waals surface area (Å²) in [6.07, 6.45) is 2.15. The van der Waals surface area contributed by atoms with Crippen molar-refractivity contribution >= 4 is 22.8 Å². The number of carbonyl (C=O) groups excluding carboxylic acids is 1. The molecule has 0 aliphatic carbocycles. The van der Waals surface area contributed by atoms with Crippen molar-refractivity contribution in [3.63, 3.8) is 0 Å². The van der Waals surface area contributed by atoms with Crippen LogP contribution in [0, 0.1) is 0 Å². The number of carboxylic acids is 1. The number of rotatable bonds is 6. The van der Waals surface area contributed by atoms with E-state index in [9.17, 15) is 14.7 Å². The van der Waals surface area contributed by atoms with Crippen molar-refractivity contribution < 1.29 is 14.7 Å². The fourth-order valence-corrected chi connectivity index (χ4v) is 2.72. The van der Waals surface area contributed by atoms with Gasteiger partial charge in [0.2, 0.25) is 5.91 Å². The number of nitrogens with zero attached hydrogens (tertiary/aromatic N) is 1. The Balaban J connectivity index is 1.65. The van der Waals surface area contributed by atoms with Gasteiger partial charge in [0.1, 0.15) is 0 Å². The highest BCUT2D eigenvalue weighted by atomic mass is 16.4. The first kappa shape index (κ1) is 15.8. The summed E-state index contributed by atoms with van der Waals surface area (Å²) in [6, 6.07) is 17.6. The molecule has 0 saturated heterocycles. The maximum Gasteiger partial charge on any atom is 0.330 e. The summed E-state index contributed by atoms with van der Waals surface area (Å²) in [5.74, 6) is -1.36. The molecule has 0 spiro atoms. The zero-order valence-electron chi connectivity index (χ0n) is 13.1. The Bertz CT molecular complexity index is 855. The average molecular weight is 322 g/mol. The predicted octanol–water partition coefficient (Wildman–Crippen LogP) is 2.97. The summed E-state index contributed by atoms with van der Waals surface area (Å²) in [7, 11) is 0. The smallest absolute Gasteiger partial charge is 0.330 e. The number of aliphatic carboxylic acids is 1. The lowest BCUT2D eigenvalue weighted by molar-refractivity contribution is -0.142. The van der Waals surface area contributed by atoms with Crippen LogP contribution in [0.2, 0.25) is 0 Å². The van der Waals surface area contributed by atoms with E-state index in [0.29, 0.717) is 12.1 Å². The van der Waals surface area contributed by atoms with Crippen LogP contribution in [0.15, 0.2) is 66.9 Å². The second kappa shape index (κ2) is 7.00. The number of aromatic nitrogens is 1. The third-order valence-corrected chi connectivity index (χ3v) is 3.95. The van der Waals surface area contributed by atoms with Crippen molar-refractivity contribution in [2.45, 2.75) is 19.0 Å². The molecule has 122 valence electrons. The molecule has 0 unspecified atom stereocenters. The summed E-state index contributed by atoms with van der Waals surface area (Å²) in [5.41, 5.74) is 1.62. The van der Waals surface area contributed by atoms with Crippen molar-refractivity contribution in [2.75, 3.05) is 0 Å². The summed E-state index contributed by atoms with van der Waals surface area (Å²) in [6.45, 7) is 0.500. The van der Waals surface area contributed by atoms with Gasteiger partial charge in [-0.3, -0.25) is 4.79 Å². The lowest BCUT2D eigenvalue weighted by Gasteiger charge is -2.15. The molecule has 2 aromatic carbocycles. The molecule has 1 atom stereocenters. The Labute approximate surface area is 139 Å². The second-order valence-electron chi connectivity index (χ2n) is 5.57. The van der Waals surface area contributed by atoms with Gasteiger partial charge in [-0.25, -0.2) is 4.79 Å². The fourth-order valence-electron chi connectivity index (χ4n) is 2.72. The number of benzene rings is 2. The Hall–Kier alpha value is -3.08. The normalized spacial score (nSPS) is 12.0. The fraction of sp³-hybridized carbons (Fsp3) is 0.158. The van der Waals surface area contributed by atoms with Crippen LogP contribution in [0.25, 0.3) is 10.9 Å². The third kappa shape index (κ3) is 3.46. The third-order valence-electron chi connectivity index (χ3n) is 3.95. The van der Waals surface area contributed by atoms with Gasteiger partial charge in [-0.2, -0.15) is 0 Å². The van der Waals surface area contributed by atoms with Gasteiger partial charge in [0.15, 0.2) is 6.04 Å². The monoisotopic (exact) mass is 322 g/mol. The Kier molecular flexibility index (Phi) is 4.61. The Morgan fingerprint density at radius 2 is 1.71 bits per heavy atom. The standard InChI is InChI=1S/C19H18N2O3/c22-17(20-18(19(23)24)15-7-2-1-3-8-15)11-13-21-12-10-14-6-4-5-9-16(14)21/h1-10,12,18H,11,13H2,(H,20,22)(H,23,24)/t18-/m0/s1. The number of aryl methyl sites for hydroxylation is 1. The molecule has 5 nitrogen and oxygen atoms in total. The first-order chi connectivity index (χ1) is 11.6. The van der Waals surface area contributed by atoms with Gasteiger partial charge in [-0.1, -0.05) is 48.5 Å². The molecule has 0 bridgehead atoms. The van der Waals surface area contributed by atoms with Gasteiger partial charge < -0.3 is 15.0 Å². The van der Waals surface area contributed by atoms with Crippen LogP contribution in [-0.4, -0.2) is 21.6 Å². The summed E-state index contributed by atoms with van der Waals surface area (Å²) in [4.78, 5) is 23.6. The van der Waals surface area contributed by atoms with Crippen LogP contribution >= 0.6 is 0 Å². The Morgan fingerprint density at radius 1 is 1.00 bits per heavy atom. The van der Waals surface area contributed by atoms with E-state index < -0.39 is 12.0 Å². The van der Waals surface area contributed by atoms with E-state index in [1.54, 1.807) is 30.3 Å². The topological polar surface area (TPSA) is 71.3 Å². The molecule has 1 aromatic heterocycles. The minimum Gasteiger partial charge on any atom is -0.479 e. The molecule has 5 heteroatoms. The molecular weight excluding hydrogens is 304 g/mol. The van der Waals surface area contributed by atoms with E-state index in [2.05, 4.69) is 5.32 Å². The number of amides is 1. The highest BCUT2D eigenvalue weighted by Crippen LogP contribution is 2.16. The second-order valence-corrected chi connectivity index (χ2v) is 5.57. The average Bonchev–Trinajstić information content (AvgIpc) is 3.01. The lowest BCUT2D eigenvalue weighted by atomic mass is 10.1. The highest BCUT2D eigenvalue weighted by molar-refractivity contribution is 5.85. The predicted molar refractivity (Wildman–Crippen MR) is 91.5 cm³/mol. The van der Waals surface area contributed by atoms with Crippen molar-refractivity contribution in [1.82, 2.24) is 9.88 Å². The van der Waals surface area contributed by atoms with E-state index in [1.165, 1.54) is 0 Å². The quantitative estimate of drug-likeness (QED) is 0.733. The van der Waals surface area contributed by atoms with Crippen LogP contribution in [0.5, 0.6) is 0 Å². The summed E-state index contributed by atoms with van der Waals surface area (Å²) < 4.78 is 1.99. The van der Waals surface area contributed by atoms with Crippen LogP contribution in [-0.2, 0) is 16.1 Å². The number of hydrogen-bond donors (Lipinski definition) is 2. The van der Waals surface area contributed by atoms with Gasteiger partial charge in [0, 0.05) is 24.7 Å². The van der Waals surface area contributed by atoms with Gasteiger partial charge in [-0.15, -0.1) is 0 Å². The number of para-hydroxylation sites is 1. The van der Waals surface area contributed by atoms with Crippen molar-refractivity contribution in [1.29, 1.82) is 0 Å². The first-order valence-corrected chi connectivity index (χ1v) is 7.76.